The lowest BCUT2D eigenvalue weighted by atomic mass is 9.90. The van der Waals surface area contributed by atoms with Crippen LogP contribution < -0.4 is 41.4 Å². The number of rotatable bonds is 13. The quantitative estimate of drug-likeness (QED) is 0.111. The number of fused-ring (bicyclic) bond motifs is 5. The zero-order chi connectivity index (χ0) is 34.5. The maximum Gasteiger partial charge on any atom is 0.329 e. The third kappa shape index (κ3) is 7.85. The van der Waals surface area contributed by atoms with Crippen molar-refractivity contribution in [3.8, 4) is 34.3 Å². The lowest BCUT2D eigenvalue weighted by Crippen LogP contribution is -3.00. The van der Waals surface area contributed by atoms with Crippen molar-refractivity contribution in [3.63, 3.8) is 0 Å². The summed E-state index contributed by atoms with van der Waals surface area (Å²) in [5.41, 5.74) is 8.41. The van der Waals surface area contributed by atoms with Crippen molar-refractivity contribution in [2.24, 2.45) is 0 Å². The molecule has 2 aliphatic rings. The molecule has 0 saturated heterocycles. The van der Waals surface area contributed by atoms with E-state index >= 15 is 0 Å². The fourth-order valence-electron chi connectivity index (χ4n) is 6.35. The summed E-state index contributed by atoms with van der Waals surface area (Å²) in [6.45, 7) is 0.945. The SMILES string of the molecule is COc1ccc2c(CC(=O)ON[C@@H](CSCc3ccccc3)C(=O)OCc3ccccc3)c3[n+](cc2c1OC)CCc1cc2c(cc1-3)OCO2.[Cl-]. The average Bonchev–Trinajstić information content (AvgIpc) is 3.62. The van der Waals surface area contributed by atoms with Gasteiger partial charge in [0.05, 0.1) is 31.6 Å². The van der Waals surface area contributed by atoms with Crippen molar-refractivity contribution in [1.29, 1.82) is 0 Å². The minimum atomic E-state index is -0.892. The molecule has 5 aromatic rings. The van der Waals surface area contributed by atoms with Crippen LogP contribution in [0.1, 0.15) is 22.3 Å². The van der Waals surface area contributed by atoms with Crippen LogP contribution in [0.25, 0.3) is 22.0 Å². The smallest absolute Gasteiger partial charge is 0.329 e. The molecule has 1 atom stereocenters. The number of thioether (sulfide) groups is 1. The Hall–Kier alpha value is -4.97. The van der Waals surface area contributed by atoms with Gasteiger partial charge < -0.3 is 40.9 Å². The highest BCUT2D eigenvalue weighted by Crippen LogP contribution is 2.43. The largest absolute Gasteiger partial charge is 1.00 e. The van der Waals surface area contributed by atoms with Gasteiger partial charge in [0.15, 0.2) is 35.7 Å². The van der Waals surface area contributed by atoms with Gasteiger partial charge in [0.1, 0.15) is 12.6 Å². The molecule has 51 heavy (non-hydrogen) atoms. The summed E-state index contributed by atoms with van der Waals surface area (Å²) in [5, 5.41) is 1.61. The Kier molecular flexibility index (Phi) is 11.5. The molecule has 12 heteroatoms. The molecule has 2 aliphatic heterocycles. The van der Waals surface area contributed by atoms with Crippen molar-refractivity contribution in [1.82, 2.24) is 5.48 Å². The number of carbonyl (C=O) groups is 2. The number of aryl methyl sites for hydroxylation is 2. The molecule has 1 N–H and O–H groups in total. The topological polar surface area (TPSA) is 105 Å². The van der Waals surface area contributed by atoms with Crippen LogP contribution in [-0.2, 0) is 50.9 Å². The van der Waals surface area contributed by atoms with E-state index in [2.05, 4.69) is 10.0 Å². The van der Waals surface area contributed by atoms with Gasteiger partial charge in [-0.1, -0.05) is 60.7 Å². The molecule has 1 aromatic heterocycles. The van der Waals surface area contributed by atoms with Gasteiger partial charge in [0.2, 0.25) is 12.5 Å². The van der Waals surface area contributed by atoms with E-state index in [9.17, 15) is 9.59 Å². The Labute approximate surface area is 306 Å². The Morgan fingerprint density at radius 1 is 0.902 bits per heavy atom. The van der Waals surface area contributed by atoms with Crippen LogP contribution >= 0.6 is 11.8 Å². The van der Waals surface area contributed by atoms with Crippen molar-refractivity contribution in [3.05, 3.63) is 113 Å². The van der Waals surface area contributed by atoms with E-state index < -0.39 is 18.0 Å². The minimum absolute atomic E-state index is 0. The number of carbonyl (C=O) groups excluding carboxylic acids is 2. The van der Waals surface area contributed by atoms with E-state index in [0.29, 0.717) is 41.0 Å². The number of aromatic nitrogens is 1. The van der Waals surface area contributed by atoms with Crippen molar-refractivity contribution in [2.75, 3.05) is 26.8 Å². The Bertz CT molecular complexity index is 2030. The molecule has 0 saturated carbocycles. The predicted octanol–water partition coefficient (Wildman–Crippen LogP) is 2.74. The molecule has 3 heterocycles. The molecule has 0 unspecified atom stereocenters. The number of methoxy groups -OCH3 is 2. The number of hydrogen-bond donors (Lipinski definition) is 1. The summed E-state index contributed by atoms with van der Waals surface area (Å²) in [5.74, 6) is 2.46. The van der Waals surface area contributed by atoms with Crippen LogP contribution in [0.4, 0.5) is 0 Å². The summed E-state index contributed by atoms with van der Waals surface area (Å²) in [7, 11) is 3.19. The minimum Gasteiger partial charge on any atom is -1.00 e. The fraction of sp³-hybridized carbons (Fsp3) is 0.256. The fourth-order valence-corrected chi connectivity index (χ4v) is 7.34. The van der Waals surface area contributed by atoms with Crippen molar-refractivity contribution in [2.45, 2.75) is 37.8 Å². The molecular formula is C39H37ClN2O8S. The standard InChI is InChI=1S/C39H37N2O8S.ClH/c1-44-33-14-13-28-30(37-29-18-35-34(47-24-48-35)17-27(29)15-16-41(37)20-31(28)38(33)45-2)19-36(42)49-40-32(23-50-22-26-11-7-4-8-12-26)39(43)46-21-25-9-5-3-6-10-25;/h3-14,17-18,20,32,40H,15-16,19,21-24H2,1-2H3;1H/q+1;/p-1/t32-;/m0./s1. The zero-order valence-corrected chi connectivity index (χ0v) is 29.8. The number of nitrogens with zero attached hydrogens (tertiary/aromatic N) is 1. The first-order valence-corrected chi connectivity index (χ1v) is 17.5. The molecule has 0 fully saturated rings. The van der Waals surface area contributed by atoms with Gasteiger partial charge in [-0.25, -0.2) is 0 Å². The van der Waals surface area contributed by atoms with E-state index in [-0.39, 0.29) is 32.2 Å². The first-order chi connectivity index (χ1) is 24.5. The van der Waals surface area contributed by atoms with Crippen LogP contribution in [0.3, 0.4) is 0 Å². The Morgan fingerprint density at radius 3 is 2.35 bits per heavy atom. The third-order valence-corrected chi connectivity index (χ3v) is 9.89. The first-order valence-electron chi connectivity index (χ1n) is 16.3. The maximum atomic E-state index is 13.8. The monoisotopic (exact) mass is 728 g/mol. The second kappa shape index (κ2) is 16.4. The highest BCUT2D eigenvalue weighted by atomic mass is 35.5. The van der Waals surface area contributed by atoms with E-state index in [0.717, 1.165) is 50.7 Å². The molecule has 4 aromatic carbocycles. The molecule has 10 nitrogen and oxygen atoms in total. The maximum absolute atomic E-state index is 13.8. The van der Waals surface area contributed by atoms with E-state index in [4.69, 9.17) is 28.5 Å². The lowest BCUT2D eigenvalue weighted by molar-refractivity contribution is -0.686. The van der Waals surface area contributed by atoms with Crippen LogP contribution in [0, 0.1) is 0 Å². The number of hydroxylamine groups is 1. The summed E-state index contributed by atoms with van der Waals surface area (Å²) >= 11 is 1.54. The van der Waals surface area contributed by atoms with Crippen molar-refractivity contribution >= 4 is 34.5 Å². The second-order valence-electron chi connectivity index (χ2n) is 11.9. The van der Waals surface area contributed by atoms with E-state index in [1.54, 1.807) is 26.0 Å². The number of benzene rings is 4. The van der Waals surface area contributed by atoms with Gasteiger partial charge in [-0.3, -0.25) is 9.59 Å². The number of nitrogens with one attached hydrogen (secondary N) is 1. The molecule has 7 rings (SSSR count). The van der Waals surface area contributed by atoms with Gasteiger partial charge in [-0.2, -0.15) is 16.3 Å². The van der Waals surface area contributed by atoms with Crippen LogP contribution in [0.5, 0.6) is 23.0 Å². The molecule has 0 aliphatic carbocycles. The van der Waals surface area contributed by atoms with Gasteiger partial charge in [0.25, 0.3) is 0 Å². The van der Waals surface area contributed by atoms with Gasteiger partial charge >= 0.3 is 11.9 Å². The number of halogens is 1. The highest BCUT2D eigenvalue weighted by molar-refractivity contribution is 7.98. The normalized spacial score (nSPS) is 13.0. The van der Waals surface area contributed by atoms with Gasteiger partial charge in [-0.05, 0) is 41.0 Å². The Balaban J connectivity index is 0.00000448. The molecule has 0 amide bonds. The van der Waals surface area contributed by atoms with Crippen LogP contribution in [0.15, 0.2) is 91.1 Å². The number of pyridine rings is 1. The second-order valence-corrected chi connectivity index (χ2v) is 13.0. The van der Waals surface area contributed by atoms with E-state index in [1.807, 2.05) is 91.1 Å². The number of ether oxygens (including phenoxy) is 5. The molecule has 0 spiro atoms. The zero-order valence-electron chi connectivity index (χ0n) is 28.2. The average molecular weight is 729 g/mol. The van der Waals surface area contributed by atoms with Crippen molar-refractivity contribution < 1.29 is 55.1 Å². The molecule has 0 bridgehead atoms. The van der Waals surface area contributed by atoms with Crippen LogP contribution in [0.2, 0.25) is 0 Å². The summed E-state index contributed by atoms with van der Waals surface area (Å²) in [4.78, 5) is 32.8. The lowest BCUT2D eigenvalue weighted by Gasteiger charge is -2.21. The highest BCUT2D eigenvalue weighted by Gasteiger charge is 2.34. The van der Waals surface area contributed by atoms with Crippen LogP contribution in [-0.4, -0.2) is 44.7 Å². The molecule has 264 valence electrons. The first kappa shape index (κ1) is 35.8. The van der Waals surface area contributed by atoms with Gasteiger partial charge in [0, 0.05) is 28.9 Å². The summed E-state index contributed by atoms with van der Waals surface area (Å²) in [6, 6.07) is 26.3. The number of hydrogen-bond acceptors (Lipinski definition) is 10. The van der Waals surface area contributed by atoms with Gasteiger partial charge in [-0.15, -0.1) is 5.48 Å². The predicted molar refractivity (Wildman–Crippen MR) is 188 cm³/mol. The summed E-state index contributed by atoms with van der Waals surface area (Å²) < 4.78 is 30.6. The third-order valence-electron chi connectivity index (χ3n) is 8.78. The Morgan fingerprint density at radius 2 is 1.63 bits per heavy atom. The van der Waals surface area contributed by atoms with E-state index in [1.165, 1.54) is 0 Å². The molecular weight excluding hydrogens is 692 g/mol. The molecule has 0 radical (unpaired) electrons. The number of esters is 1. The summed E-state index contributed by atoms with van der Waals surface area (Å²) in [6.07, 6.45) is 2.71.